The molecule has 0 saturated heterocycles. The Morgan fingerprint density at radius 1 is 1.18 bits per heavy atom. The molecule has 38 heavy (non-hydrogen) atoms. The monoisotopic (exact) mass is 522 g/mol. The minimum atomic E-state index is -0.491. The van der Waals surface area contributed by atoms with Gasteiger partial charge in [0.05, 0.1) is 22.3 Å². The first-order valence-corrected chi connectivity index (χ1v) is 13.5. The molecule has 1 N–H and O–H groups in total. The van der Waals surface area contributed by atoms with Crippen LogP contribution in [0.4, 0.5) is 0 Å². The van der Waals surface area contributed by atoms with Gasteiger partial charge in [0.2, 0.25) is 0 Å². The summed E-state index contributed by atoms with van der Waals surface area (Å²) in [7, 11) is 0. The lowest BCUT2D eigenvalue weighted by Crippen LogP contribution is -2.16. The van der Waals surface area contributed by atoms with Crippen molar-refractivity contribution in [2.75, 3.05) is 0 Å². The quantitative estimate of drug-likeness (QED) is 0.169. The third-order valence-corrected chi connectivity index (χ3v) is 8.25. The molecule has 0 saturated carbocycles. The summed E-state index contributed by atoms with van der Waals surface area (Å²) < 4.78 is 7.24. The van der Waals surface area contributed by atoms with E-state index in [0.717, 1.165) is 30.3 Å². The lowest BCUT2D eigenvalue weighted by molar-refractivity contribution is 0.0959. The highest BCUT2D eigenvalue weighted by Gasteiger charge is 2.22. The van der Waals surface area contributed by atoms with Gasteiger partial charge in [0.1, 0.15) is 11.3 Å². The number of para-hydroxylation sites is 2. The van der Waals surface area contributed by atoms with Crippen LogP contribution in [-0.4, -0.2) is 21.9 Å². The van der Waals surface area contributed by atoms with Gasteiger partial charge in [-0.3, -0.25) is 4.79 Å². The number of carbonyl (C=O) groups is 1. The summed E-state index contributed by atoms with van der Waals surface area (Å²) in [5.74, 6) is 0.453. The van der Waals surface area contributed by atoms with E-state index < -0.39 is 5.63 Å². The van der Waals surface area contributed by atoms with Gasteiger partial charge in [0, 0.05) is 22.0 Å². The molecule has 5 aromatic rings. The molecule has 8 heteroatoms. The number of aryl methyl sites for hydroxylation is 1. The Balaban J connectivity index is 1.31. The number of hydrazone groups is 1. The van der Waals surface area contributed by atoms with Crippen molar-refractivity contribution in [3.05, 3.63) is 104 Å². The van der Waals surface area contributed by atoms with Gasteiger partial charge >= 0.3 is 5.63 Å². The topological polar surface area (TPSA) is 89.5 Å². The fraction of sp³-hybridized carbons (Fsp3) is 0.200. The lowest BCUT2D eigenvalue weighted by atomic mass is 9.87. The van der Waals surface area contributed by atoms with Crippen molar-refractivity contribution in [3.8, 4) is 16.9 Å². The molecule has 2 aromatic carbocycles. The maximum atomic E-state index is 12.9. The number of nitrogens with one attached hydrogen (secondary N) is 1. The van der Waals surface area contributed by atoms with Crippen LogP contribution >= 0.6 is 11.3 Å². The first kappa shape index (κ1) is 24.1. The summed E-state index contributed by atoms with van der Waals surface area (Å²) in [5.41, 5.74) is 6.11. The molecule has 0 radical (unpaired) electrons. The first-order chi connectivity index (χ1) is 18.6. The fourth-order valence-electron chi connectivity index (χ4n) is 4.91. The fourth-order valence-corrected chi connectivity index (χ4v) is 6.00. The number of aromatic nitrogens is 2. The standard InChI is InChI=1S/C30H26N4O3S/c1-2-19-12-13-26-21(14-19)16-27(38-26)29(35)32-31-17-22-18-34(23-9-4-3-5-10-23)33-28(22)24-15-20-8-6-7-11-25(20)37-30(24)36/h3-11,15-19H,2,12-14H2,1H3,(H,32,35)/b31-17-/t19-/m1/s1. The van der Waals surface area contributed by atoms with Crippen molar-refractivity contribution in [3.63, 3.8) is 0 Å². The number of hydrogen-bond donors (Lipinski definition) is 1. The smallest absolute Gasteiger partial charge is 0.345 e. The Bertz CT molecular complexity index is 1710. The molecule has 0 spiro atoms. The predicted molar refractivity (Wildman–Crippen MR) is 150 cm³/mol. The van der Waals surface area contributed by atoms with Crippen LogP contribution in [0.25, 0.3) is 27.9 Å². The van der Waals surface area contributed by atoms with Crippen LogP contribution in [0, 0.1) is 5.92 Å². The molecule has 190 valence electrons. The number of nitrogens with zero attached hydrogens (tertiary/aromatic N) is 3. The maximum Gasteiger partial charge on any atom is 0.345 e. The van der Waals surface area contributed by atoms with E-state index in [-0.39, 0.29) is 5.91 Å². The molecule has 1 aliphatic rings. The average molecular weight is 523 g/mol. The number of fused-ring (bicyclic) bond motifs is 2. The van der Waals surface area contributed by atoms with Gasteiger partial charge < -0.3 is 4.42 Å². The second kappa shape index (κ2) is 10.2. The van der Waals surface area contributed by atoms with Crippen LogP contribution < -0.4 is 11.1 Å². The van der Waals surface area contributed by atoms with E-state index in [0.29, 0.717) is 33.2 Å². The molecule has 1 amide bonds. The third-order valence-electron chi connectivity index (χ3n) is 7.02. The summed E-state index contributed by atoms with van der Waals surface area (Å²) in [6, 6.07) is 20.7. The summed E-state index contributed by atoms with van der Waals surface area (Å²) in [6.07, 6.45) is 7.72. The second-order valence-corrected chi connectivity index (χ2v) is 10.6. The van der Waals surface area contributed by atoms with Crippen LogP contribution in [0.15, 0.2) is 87.2 Å². The Kier molecular flexibility index (Phi) is 6.47. The van der Waals surface area contributed by atoms with E-state index in [2.05, 4.69) is 22.5 Å². The van der Waals surface area contributed by atoms with Crippen molar-refractivity contribution in [2.45, 2.75) is 32.6 Å². The van der Waals surface area contributed by atoms with Gasteiger partial charge in [-0.25, -0.2) is 14.9 Å². The number of rotatable bonds is 6. The SMILES string of the molecule is CC[C@@H]1CCc2sc(C(=O)N/N=C\c3cn(-c4ccccc4)nc3-c3cc4ccccc4oc3=O)cc2C1. The highest BCUT2D eigenvalue weighted by atomic mass is 32.1. The zero-order chi connectivity index (χ0) is 26.1. The summed E-state index contributed by atoms with van der Waals surface area (Å²) >= 11 is 1.55. The Morgan fingerprint density at radius 3 is 2.84 bits per heavy atom. The summed E-state index contributed by atoms with van der Waals surface area (Å²) in [5, 5.41) is 9.72. The molecule has 3 aromatic heterocycles. The van der Waals surface area contributed by atoms with Gasteiger partial charge in [-0.05, 0) is 61.1 Å². The molecule has 1 aliphatic carbocycles. The highest BCUT2D eigenvalue weighted by molar-refractivity contribution is 7.14. The molecule has 0 aliphatic heterocycles. The summed E-state index contributed by atoms with van der Waals surface area (Å²) in [4.78, 5) is 27.8. The normalized spacial score (nSPS) is 15.1. The highest BCUT2D eigenvalue weighted by Crippen LogP contribution is 2.33. The first-order valence-electron chi connectivity index (χ1n) is 12.7. The van der Waals surface area contributed by atoms with Gasteiger partial charge in [-0.2, -0.15) is 10.2 Å². The molecule has 7 nitrogen and oxygen atoms in total. The largest absolute Gasteiger partial charge is 0.422 e. The zero-order valence-corrected chi connectivity index (χ0v) is 21.7. The maximum absolute atomic E-state index is 12.9. The molecular weight excluding hydrogens is 496 g/mol. The van der Waals surface area contributed by atoms with Crippen LogP contribution in [0.3, 0.4) is 0 Å². The van der Waals surface area contributed by atoms with Gasteiger partial charge in [0.15, 0.2) is 0 Å². The van der Waals surface area contributed by atoms with Gasteiger partial charge in [-0.1, -0.05) is 49.7 Å². The predicted octanol–water partition coefficient (Wildman–Crippen LogP) is 5.99. The number of carbonyl (C=O) groups excluding carboxylic acids is 1. The Morgan fingerprint density at radius 2 is 2.00 bits per heavy atom. The number of hydrogen-bond acceptors (Lipinski definition) is 6. The average Bonchev–Trinajstić information content (AvgIpc) is 3.57. The van der Waals surface area contributed by atoms with E-state index in [9.17, 15) is 9.59 Å². The Labute approximate surface area is 223 Å². The molecular formula is C30H26N4O3S. The van der Waals surface area contributed by atoms with Crippen molar-refractivity contribution in [1.82, 2.24) is 15.2 Å². The van der Waals surface area contributed by atoms with Crippen LogP contribution in [-0.2, 0) is 12.8 Å². The molecule has 1 atom stereocenters. The zero-order valence-electron chi connectivity index (χ0n) is 20.9. The van der Waals surface area contributed by atoms with Crippen molar-refractivity contribution in [1.29, 1.82) is 0 Å². The number of benzene rings is 2. The van der Waals surface area contributed by atoms with Gasteiger partial charge in [-0.15, -0.1) is 11.3 Å². The minimum Gasteiger partial charge on any atom is -0.422 e. The van der Waals surface area contributed by atoms with Crippen molar-refractivity contribution in [2.24, 2.45) is 11.0 Å². The van der Waals surface area contributed by atoms with Crippen LogP contribution in [0.2, 0.25) is 0 Å². The lowest BCUT2D eigenvalue weighted by Gasteiger charge is -2.19. The van der Waals surface area contributed by atoms with Crippen molar-refractivity contribution < 1.29 is 9.21 Å². The van der Waals surface area contributed by atoms with E-state index in [1.54, 1.807) is 34.3 Å². The molecule has 0 unspecified atom stereocenters. The Hall–Kier alpha value is -4.30. The minimum absolute atomic E-state index is 0.240. The molecule has 6 rings (SSSR count). The van der Waals surface area contributed by atoms with Crippen molar-refractivity contribution >= 4 is 34.4 Å². The van der Waals surface area contributed by atoms with Crippen LogP contribution in [0.5, 0.6) is 0 Å². The van der Waals surface area contributed by atoms with Gasteiger partial charge in [0.25, 0.3) is 5.91 Å². The third kappa shape index (κ3) is 4.70. The molecule has 0 fully saturated rings. The van der Waals surface area contributed by atoms with E-state index >= 15 is 0 Å². The molecule has 0 bridgehead atoms. The second-order valence-electron chi connectivity index (χ2n) is 9.47. The number of thiophene rings is 1. The number of amides is 1. The molecule has 3 heterocycles. The van der Waals surface area contributed by atoms with E-state index in [1.165, 1.54) is 23.1 Å². The summed E-state index contributed by atoms with van der Waals surface area (Å²) in [6.45, 7) is 2.22. The van der Waals surface area contributed by atoms with Crippen LogP contribution in [0.1, 0.15) is 45.4 Å². The van der Waals surface area contributed by atoms with E-state index in [4.69, 9.17) is 4.42 Å². The van der Waals surface area contributed by atoms with E-state index in [1.807, 2.05) is 54.6 Å².